The summed E-state index contributed by atoms with van der Waals surface area (Å²) < 4.78 is 16.4. The Morgan fingerprint density at radius 2 is 1.62 bits per heavy atom. The molecule has 0 spiro atoms. The molecule has 24 heavy (non-hydrogen) atoms. The van der Waals surface area contributed by atoms with Crippen molar-refractivity contribution < 1.29 is 19.3 Å². The van der Waals surface area contributed by atoms with Gasteiger partial charge in [0.25, 0.3) is 0 Å². The van der Waals surface area contributed by atoms with Gasteiger partial charge >= 0.3 is 0 Å². The second kappa shape index (κ2) is 4.80. The van der Waals surface area contributed by atoms with Gasteiger partial charge in [0.05, 0.1) is 7.11 Å². The van der Waals surface area contributed by atoms with Crippen LogP contribution in [0.15, 0.2) is 24.3 Å². The van der Waals surface area contributed by atoms with E-state index >= 15 is 0 Å². The van der Waals surface area contributed by atoms with Gasteiger partial charge in [-0.05, 0) is 66.4 Å². The second-order valence-corrected chi connectivity index (χ2v) is 6.73. The van der Waals surface area contributed by atoms with E-state index in [9.17, 15) is 5.11 Å². The normalized spacial score (nSPS) is 23.6. The third-order valence-electron chi connectivity index (χ3n) is 5.60. The molecule has 0 amide bonds. The number of hydrogen-bond acceptors (Lipinski definition) is 5. The molecular weight excluding hydrogens is 306 g/mol. The van der Waals surface area contributed by atoms with Crippen LogP contribution in [0.1, 0.15) is 34.3 Å². The van der Waals surface area contributed by atoms with E-state index < -0.39 is 0 Å². The second-order valence-electron chi connectivity index (χ2n) is 6.73. The number of ether oxygens (including phenoxy) is 3. The summed E-state index contributed by atoms with van der Waals surface area (Å²) in [4.78, 5) is 2.42. The topological polar surface area (TPSA) is 51.2 Å². The molecule has 0 aliphatic carbocycles. The summed E-state index contributed by atoms with van der Waals surface area (Å²) in [7, 11) is 3.76. The van der Waals surface area contributed by atoms with Crippen molar-refractivity contribution in [2.75, 3.05) is 21.0 Å². The van der Waals surface area contributed by atoms with E-state index in [-0.39, 0.29) is 17.8 Å². The molecule has 5 heteroatoms. The molecule has 2 aromatic carbocycles. The Hall–Kier alpha value is -2.40. The van der Waals surface area contributed by atoms with Crippen molar-refractivity contribution in [2.45, 2.75) is 24.9 Å². The molecule has 2 aromatic rings. The highest BCUT2D eigenvalue weighted by molar-refractivity contribution is 5.55. The minimum Gasteiger partial charge on any atom is -0.504 e. The average Bonchev–Trinajstić information content (AvgIpc) is 3.02. The summed E-state index contributed by atoms with van der Waals surface area (Å²) in [6.45, 7) is 0.299. The fourth-order valence-corrected chi connectivity index (χ4v) is 4.35. The van der Waals surface area contributed by atoms with Crippen LogP contribution in [0.25, 0.3) is 0 Å². The van der Waals surface area contributed by atoms with Gasteiger partial charge < -0.3 is 19.3 Å². The van der Waals surface area contributed by atoms with Crippen LogP contribution < -0.4 is 14.2 Å². The highest BCUT2D eigenvalue weighted by atomic mass is 16.7. The van der Waals surface area contributed by atoms with Crippen LogP contribution in [-0.4, -0.2) is 31.0 Å². The summed E-state index contributed by atoms with van der Waals surface area (Å²) in [6.07, 6.45) is 1.78. The summed E-state index contributed by atoms with van der Waals surface area (Å²) >= 11 is 0. The molecule has 124 valence electrons. The molecule has 5 nitrogen and oxygen atoms in total. The molecule has 0 radical (unpaired) electrons. The van der Waals surface area contributed by atoms with Crippen molar-refractivity contribution in [3.05, 3.63) is 46.5 Å². The Labute approximate surface area is 140 Å². The van der Waals surface area contributed by atoms with E-state index in [4.69, 9.17) is 14.2 Å². The van der Waals surface area contributed by atoms with Gasteiger partial charge in [-0.2, -0.15) is 0 Å². The fourth-order valence-electron chi connectivity index (χ4n) is 4.35. The van der Waals surface area contributed by atoms with E-state index in [1.807, 2.05) is 12.1 Å². The van der Waals surface area contributed by atoms with Crippen molar-refractivity contribution in [2.24, 2.45) is 0 Å². The summed E-state index contributed by atoms with van der Waals surface area (Å²) in [5, 5.41) is 10.1. The van der Waals surface area contributed by atoms with Crippen molar-refractivity contribution in [3.63, 3.8) is 0 Å². The number of nitrogens with zero attached hydrogens (tertiary/aromatic N) is 1. The number of aromatic hydroxyl groups is 1. The third kappa shape index (κ3) is 1.79. The lowest BCUT2D eigenvalue weighted by atomic mass is 9.76. The quantitative estimate of drug-likeness (QED) is 0.873. The first-order valence-corrected chi connectivity index (χ1v) is 8.20. The summed E-state index contributed by atoms with van der Waals surface area (Å²) in [5.74, 6) is 2.44. The Balaban J connectivity index is 1.65. The van der Waals surface area contributed by atoms with E-state index in [1.165, 1.54) is 22.3 Å². The Bertz CT molecular complexity index is 848. The minimum atomic E-state index is 0.213. The Morgan fingerprint density at radius 3 is 2.33 bits per heavy atom. The number of likely N-dealkylation sites (N-methyl/N-ethyl adjacent to an activating group) is 1. The molecule has 3 aliphatic rings. The van der Waals surface area contributed by atoms with Gasteiger partial charge in [0.2, 0.25) is 6.79 Å². The van der Waals surface area contributed by atoms with E-state index in [0.717, 1.165) is 24.3 Å². The van der Waals surface area contributed by atoms with Gasteiger partial charge in [-0.15, -0.1) is 0 Å². The van der Waals surface area contributed by atoms with Gasteiger partial charge in [0, 0.05) is 12.1 Å². The fraction of sp³-hybridized carbons (Fsp3) is 0.368. The van der Waals surface area contributed by atoms with Gasteiger partial charge in [-0.1, -0.05) is 0 Å². The smallest absolute Gasteiger partial charge is 0.231 e. The molecule has 0 fully saturated rings. The monoisotopic (exact) mass is 325 g/mol. The van der Waals surface area contributed by atoms with Gasteiger partial charge in [-0.25, -0.2) is 0 Å². The molecule has 0 saturated carbocycles. The molecule has 3 aliphatic heterocycles. The number of hydrogen-bond donors (Lipinski definition) is 1. The van der Waals surface area contributed by atoms with Crippen molar-refractivity contribution in [1.29, 1.82) is 0 Å². The molecule has 0 saturated heterocycles. The lowest BCUT2D eigenvalue weighted by Gasteiger charge is -2.46. The zero-order chi connectivity index (χ0) is 16.4. The average molecular weight is 325 g/mol. The number of phenolic OH excluding ortho intramolecular Hbond substituents is 1. The maximum atomic E-state index is 10.1. The van der Waals surface area contributed by atoms with E-state index in [0.29, 0.717) is 12.5 Å². The molecule has 2 bridgehead atoms. The molecule has 0 unspecified atom stereocenters. The van der Waals surface area contributed by atoms with Crippen LogP contribution in [0.4, 0.5) is 0 Å². The Morgan fingerprint density at radius 1 is 1.00 bits per heavy atom. The van der Waals surface area contributed by atoms with Crippen LogP contribution in [0, 0.1) is 0 Å². The number of methoxy groups -OCH3 is 1. The number of fused-ring (bicyclic) bond motifs is 7. The van der Waals surface area contributed by atoms with Crippen molar-refractivity contribution in [1.82, 2.24) is 4.90 Å². The Kier molecular flexibility index (Phi) is 2.80. The standard InChI is InChI=1S/C19H19NO4/c1-20-14-3-10-5-16(21)17(22-2)7-12(10)15(20)4-11-6-18-19(8-13(11)14)24-9-23-18/h5-8,14-15,21H,3-4,9H2,1-2H3/t14-,15-/m1/s1. The highest BCUT2D eigenvalue weighted by Gasteiger charge is 2.39. The zero-order valence-corrected chi connectivity index (χ0v) is 13.7. The lowest BCUT2D eigenvalue weighted by molar-refractivity contribution is 0.137. The highest BCUT2D eigenvalue weighted by Crippen LogP contribution is 2.50. The van der Waals surface area contributed by atoms with Gasteiger partial charge in [0.1, 0.15) is 0 Å². The largest absolute Gasteiger partial charge is 0.504 e. The first-order valence-electron chi connectivity index (χ1n) is 8.20. The zero-order valence-electron chi connectivity index (χ0n) is 13.7. The van der Waals surface area contributed by atoms with Crippen LogP contribution in [0.3, 0.4) is 0 Å². The maximum absolute atomic E-state index is 10.1. The first kappa shape index (κ1) is 14.0. The molecular formula is C19H19NO4. The predicted octanol–water partition coefficient (Wildman–Crippen LogP) is 2.96. The lowest BCUT2D eigenvalue weighted by Crippen LogP contribution is -2.40. The van der Waals surface area contributed by atoms with Crippen LogP contribution in [-0.2, 0) is 12.8 Å². The first-order chi connectivity index (χ1) is 11.7. The number of benzene rings is 2. The van der Waals surface area contributed by atoms with Crippen LogP contribution in [0.5, 0.6) is 23.0 Å². The van der Waals surface area contributed by atoms with Crippen LogP contribution >= 0.6 is 0 Å². The number of phenols is 1. The SMILES string of the molecule is COc1cc2c(cc1O)C[C@@H]1c3cc4c(cc3C[C@H]2N1C)OCO4. The van der Waals surface area contributed by atoms with E-state index in [1.54, 1.807) is 7.11 Å². The van der Waals surface area contributed by atoms with Gasteiger partial charge in [0.15, 0.2) is 23.0 Å². The number of rotatable bonds is 1. The minimum absolute atomic E-state index is 0.213. The third-order valence-corrected chi connectivity index (χ3v) is 5.60. The van der Waals surface area contributed by atoms with Gasteiger partial charge in [-0.3, -0.25) is 4.90 Å². The summed E-state index contributed by atoms with van der Waals surface area (Å²) in [6, 6.07) is 8.67. The van der Waals surface area contributed by atoms with Crippen LogP contribution in [0.2, 0.25) is 0 Å². The molecule has 3 heterocycles. The summed E-state index contributed by atoms with van der Waals surface area (Å²) in [5.41, 5.74) is 5.07. The van der Waals surface area contributed by atoms with E-state index in [2.05, 4.69) is 24.1 Å². The maximum Gasteiger partial charge on any atom is 0.231 e. The molecule has 0 aromatic heterocycles. The van der Waals surface area contributed by atoms with Crippen molar-refractivity contribution in [3.8, 4) is 23.0 Å². The van der Waals surface area contributed by atoms with Crippen molar-refractivity contribution >= 4 is 0 Å². The molecule has 2 atom stereocenters. The predicted molar refractivity (Wildman–Crippen MR) is 87.9 cm³/mol. The molecule has 5 rings (SSSR count). The molecule has 1 N–H and O–H groups in total.